The number of hydrazone groups is 1. The van der Waals surface area contributed by atoms with E-state index in [2.05, 4.69) is 33.4 Å². The Morgan fingerprint density at radius 2 is 1.84 bits per heavy atom. The number of hydrogen-bond acceptors (Lipinski definition) is 5. The minimum absolute atomic E-state index is 0.170. The summed E-state index contributed by atoms with van der Waals surface area (Å²) in [5.41, 5.74) is 5.54. The summed E-state index contributed by atoms with van der Waals surface area (Å²) >= 11 is 3.39. The Hall–Kier alpha value is -3.45. The van der Waals surface area contributed by atoms with Crippen LogP contribution in [0.1, 0.15) is 34.0 Å². The van der Waals surface area contributed by atoms with E-state index in [0.29, 0.717) is 22.6 Å². The summed E-state index contributed by atoms with van der Waals surface area (Å²) in [6.07, 6.45) is 2.35. The van der Waals surface area contributed by atoms with E-state index in [4.69, 9.17) is 9.47 Å². The average molecular weight is 495 g/mol. The van der Waals surface area contributed by atoms with Gasteiger partial charge in [0.2, 0.25) is 0 Å². The van der Waals surface area contributed by atoms with E-state index in [0.717, 1.165) is 16.5 Å². The number of benzene rings is 3. The summed E-state index contributed by atoms with van der Waals surface area (Å²) in [5, 5.41) is 3.96. The van der Waals surface area contributed by atoms with Crippen LogP contribution in [0.3, 0.4) is 0 Å². The molecule has 7 heteroatoms. The van der Waals surface area contributed by atoms with Crippen molar-refractivity contribution in [2.75, 3.05) is 6.61 Å². The first kappa shape index (κ1) is 23.2. The van der Waals surface area contributed by atoms with Crippen molar-refractivity contribution in [3.8, 4) is 11.5 Å². The molecule has 0 heterocycles. The van der Waals surface area contributed by atoms with Crippen LogP contribution in [0.4, 0.5) is 0 Å². The molecule has 0 aromatic heterocycles. The third-order valence-electron chi connectivity index (χ3n) is 4.52. The molecule has 0 aliphatic heterocycles. The van der Waals surface area contributed by atoms with Crippen LogP contribution in [0.5, 0.6) is 11.5 Å². The zero-order chi connectivity index (χ0) is 22.9. The largest absolute Gasteiger partial charge is 0.484 e. The van der Waals surface area contributed by atoms with Gasteiger partial charge in [0.05, 0.1) is 11.8 Å². The Morgan fingerprint density at radius 1 is 1.06 bits per heavy atom. The molecule has 6 nitrogen and oxygen atoms in total. The van der Waals surface area contributed by atoms with E-state index < -0.39 is 11.9 Å². The Bertz CT molecular complexity index is 1130. The van der Waals surface area contributed by atoms with Crippen molar-refractivity contribution in [2.45, 2.75) is 20.3 Å². The number of carbonyl (C=O) groups is 2. The van der Waals surface area contributed by atoms with Crippen LogP contribution in [-0.2, 0) is 11.2 Å². The summed E-state index contributed by atoms with van der Waals surface area (Å²) in [6, 6.07) is 19.9. The second-order valence-corrected chi connectivity index (χ2v) is 7.94. The molecule has 32 heavy (non-hydrogen) atoms. The van der Waals surface area contributed by atoms with Gasteiger partial charge >= 0.3 is 5.97 Å². The van der Waals surface area contributed by atoms with Gasteiger partial charge in [0, 0.05) is 10.0 Å². The minimum atomic E-state index is -0.475. The summed E-state index contributed by atoms with van der Waals surface area (Å²) < 4.78 is 11.8. The number of amides is 1. The van der Waals surface area contributed by atoms with Crippen molar-refractivity contribution in [3.05, 3.63) is 93.5 Å². The third-order valence-corrected chi connectivity index (χ3v) is 5.02. The van der Waals surface area contributed by atoms with E-state index in [-0.39, 0.29) is 6.61 Å². The topological polar surface area (TPSA) is 77.0 Å². The number of ether oxygens (including phenoxy) is 2. The second kappa shape index (κ2) is 11.2. The standard InChI is InChI=1S/C25H23BrN2O4/c1-3-18-7-10-22(11-8-18)31-16-24(29)28-27-15-20-14-21(26)9-12-23(20)32-25(30)19-6-4-5-17(2)13-19/h4-15H,3,16H2,1-2H3,(H,28,29). The first-order valence-electron chi connectivity index (χ1n) is 10.1. The zero-order valence-corrected chi connectivity index (χ0v) is 19.4. The molecule has 164 valence electrons. The molecule has 3 aromatic rings. The van der Waals surface area contributed by atoms with E-state index in [1.54, 1.807) is 36.4 Å². The third kappa shape index (κ3) is 6.78. The lowest BCUT2D eigenvalue weighted by atomic mass is 10.1. The minimum Gasteiger partial charge on any atom is -0.484 e. The van der Waals surface area contributed by atoms with Gasteiger partial charge in [-0.3, -0.25) is 4.79 Å². The van der Waals surface area contributed by atoms with E-state index in [9.17, 15) is 9.59 Å². The molecule has 0 saturated heterocycles. The summed E-state index contributed by atoms with van der Waals surface area (Å²) in [7, 11) is 0. The van der Waals surface area contributed by atoms with Gasteiger partial charge in [-0.15, -0.1) is 0 Å². The molecular formula is C25H23BrN2O4. The normalized spacial score (nSPS) is 10.7. The highest BCUT2D eigenvalue weighted by Crippen LogP contribution is 2.23. The highest BCUT2D eigenvalue weighted by molar-refractivity contribution is 9.10. The molecule has 0 bridgehead atoms. The molecule has 0 saturated carbocycles. The molecule has 0 fully saturated rings. The van der Waals surface area contributed by atoms with E-state index in [1.165, 1.54) is 11.8 Å². The SMILES string of the molecule is CCc1ccc(OCC(=O)NN=Cc2cc(Br)ccc2OC(=O)c2cccc(C)c2)cc1. The van der Waals surface area contributed by atoms with Crippen LogP contribution in [-0.4, -0.2) is 24.7 Å². The van der Waals surface area contributed by atoms with Crippen molar-refractivity contribution in [1.82, 2.24) is 5.43 Å². The van der Waals surface area contributed by atoms with Crippen LogP contribution in [0, 0.1) is 6.92 Å². The maximum Gasteiger partial charge on any atom is 0.343 e. The Balaban J connectivity index is 1.60. The predicted octanol–water partition coefficient (Wildman–Crippen LogP) is 5.07. The maximum absolute atomic E-state index is 12.5. The molecule has 1 N–H and O–H groups in total. The van der Waals surface area contributed by atoms with Crippen molar-refractivity contribution >= 4 is 34.0 Å². The summed E-state index contributed by atoms with van der Waals surface area (Å²) in [4.78, 5) is 24.5. The van der Waals surface area contributed by atoms with Crippen molar-refractivity contribution in [1.29, 1.82) is 0 Å². The number of nitrogens with one attached hydrogen (secondary N) is 1. The average Bonchev–Trinajstić information content (AvgIpc) is 2.79. The molecule has 0 aliphatic carbocycles. The lowest BCUT2D eigenvalue weighted by Crippen LogP contribution is -2.24. The Kier molecular flexibility index (Phi) is 8.16. The summed E-state index contributed by atoms with van der Waals surface area (Å²) in [6.45, 7) is 3.80. The molecule has 0 unspecified atom stereocenters. The Labute approximate surface area is 195 Å². The van der Waals surface area contributed by atoms with Gasteiger partial charge in [-0.05, 0) is 61.4 Å². The first-order valence-corrected chi connectivity index (χ1v) is 10.9. The van der Waals surface area contributed by atoms with Gasteiger partial charge in [-0.2, -0.15) is 5.10 Å². The van der Waals surface area contributed by atoms with Crippen LogP contribution in [0.2, 0.25) is 0 Å². The van der Waals surface area contributed by atoms with Crippen LogP contribution in [0.25, 0.3) is 0 Å². The van der Waals surface area contributed by atoms with Gasteiger partial charge < -0.3 is 9.47 Å². The van der Waals surface area contributed by atoms with Gasteiger partial charge in [0.15, 0.2) is 6.61 Å². The summed E-state index contributed by atoms with van der Waals surface area (Å²) in [5.74, 6) is 0.0509. The van der Waals surface area contributed by atoms with Gasteiger partial charge in [-0.1, -0.05) is 52.7 Å². The smallest absolute Gasteiger partial charge is 0.343 e. The molecule has 0 atom stereocenters. The van der Waals surface area contributed by atoms with Gasteiger partial charge in [-0.25, -0.2) is 10.2 Å². The van der Waals surface area contributed by atoms with E-state index in [1.807, 2.05) is 37.3 Å². The van der Waals surface area contributed by atoms with Crippen LogP contribution < -0.4 is 14.9 Å². The number of rotatable bonds is 8. The number of aryl methyl sites for hydroxylation is 2. The number of halogens is 1. The molecular weight excluding hydrogens is 472 g/mol. The maximum atomic E-state index is 12.5. The Morgan fingerprint density at radius 3 is 2.56 bits per heavy atom. The number of esters is 1. The lowest BCUT2D eigenvalue weighted by molar-refractivity contribution is -0.123. The van der Waals surface area contributed by atoms with Gasteiger partial charge in [0.25, 0.3) is 5.91 Å². The van der Waals surface area contributed by atoms with Crippen molar-refractivity contribution in [3.63, 3.8) is 0 Å². The zero-order valence-electron chi connectivity index (χ0n) is 17.8. The lowest BCUT2D eigenvalue weighted by Gasteiger charge is -2.09. The molecule has 3 aromatic carbocycles. The molecule has 3 rings (SSSR count). The number of nitrogens with zero attached hydrogens (tertiary/aromatic N) is 1. The monoisotopic (exact) mass is 494 g/mol. The second-order valence-electron chi connectivity index (χ2n) is 7.02. The number of hydrogen-bond donors (Lipinski definition) is 1. The van der Waals surface area contributed by atoms with Crippen molar-refractivity contribution in [2.24, 2.45) is 5.10 Å². The first-order chi connectivity index (χ1) is 15.4. The van der Waals surface area contributed by atoms with Gasteiger partial charge in [0.1, 0.15) is 11.5 Å². The fourth-order valence-electron chi connectivity index (χ4n) is 2.82. The fourth-order valence-corrected chi connectivity index (χ4v) is 3.20. The molecule has 1 amide bonds. The van der Waals surface area contributed by atoms with Crippen LogP contribution in [0.15, 0.2) is 76.3 Å². The van der Waals surface area contributed by atoms with Crippen LogP contribution >= 0.6 is 15.9 Å². The van der Waals surface area contributed by atoms with Crippen molar-refractivity contribution < 1.29 is 19.1 Å². The molecule has 0 spiro atoms. The highest BCUT2D eigenvalue weighted by atomic mass is 79.9. The molecule has 0 radical (unpaired) electrons. The number of carbonyl (C=O) groups excluding carboxylic acids is 2. The highest BCUT2D eigenvalue weighted by Gasteiger charge is 2.12. The molecule has 0 aliphatic rings. The fraction of sp³-hybridized carbons (Fsp3) is 0.160. The van der Waals surface area contributed by atoms with E-state index >= 15 is 0 Å². The quantitative estimate of drug-likeness (QED) is 0.205. The predicted molar refractivity (Wildman–Crippen MR) is 127 cm³/mol.